The fourth-order valence-corrected chi connectivity index (χ4v) is 5.40. The van der Waals surface area contributed by atoms with E-state index in [2.05, 4.69) is 16.8 Å². The highest BCUT2D eigenvalue weighted by Crippen LogP contribution is 2.36. The fraction of sp³-hybridized carbons (Fsp3) is 0.500. The van der Waals surface area contributed by atoms with Crippen LogP contribution in [0.3, 0.4) is 0 Å². The lowest BCUT2D eigenvalue weighted by atomic mass is 9.75. The Hall–Kier alpha value is -2.15. The van der Waals surface area contributed by atoms with E-state index in [1.54, 1.807) is 18.2 Å². The second kappa shape index (κ2) is 9.11. The van der Waals surface area contributed by atoms with Gasteiger partial charge in [-0.3, -0.25) is 9.36 Å². The van der Waals surface area contributed by atoms with Crippen molar-refractivity contribution in [2.75, 3.05) is 18.8 Å². The molecule has 0 radical (unpaired) electrons. The molecule has 1 aliphatic carbocycles. The third-order valence-electron chi connectivity index (χ3n) is 6.10. The predicted octanol–water partition coefficient (Wildman–Crippen LogP) is 4.40. The van der Waals surface area contributed by atoms with Crippen LogP contribution in [-0.2, 0) is 11.3 Å². The van der Waals surface area contributed by atoms with E-state index in [0.29, 0.717) is 29.2 Å². The average molecular weight is 415 g/mol. The van der Waals surface area contributed by atoms with E-state index < -0.39 is 0 Å². The SMILES string of the molecule is C=CCn1c(SCC(=O)N2CC[C@H]3CCCC[C@@H]3C2)nnc1-c1ccc(F)cc1. The monoisotopic (exact) mass is 414 g/mol. The van der Waals surface area contributed by atoms with Gasteiger partial charge >= 0.3 is 0 Å². The molecule has 1 saturated carbocycles. The van der Waals surface area contributed by atoms with Gasteiger partial charge in [0.05, 0.1) is 5.75 Å². The smallest absolute Gasteiger partial charge is 0.233 e. The first-order valence-corrected chi connectivity index (χ1v) is 11.3. The number of benzene rings is 1. The maximum Gasteiger partial charge on any atom is 0.233 e. The number of fused-ring (bicyclic) bond motifs is 1. The van der Waals surface area contributed by atoms with Crippen LogP contribution in [0, 0.1) is 17.7 Å². The summed E-state index contributed by atoms with van der Waals surface area (Å²) in [5.41, 5.74) is 0.790. The van der Waals surface area contributed by atoms with Crippen LogP contribution in [0.4, 0.5) is 4.39 Å². The summed E-state index contributed by atoms with van der Waals surface area (Å²) in [6.45, 7) is 6.13. The van der Waals surface area contributed by atoms with Gasteiger partial charge in [0.15, 0.2) is 11.0 Å². The Labute approximate surface area is 175 Å². The first kappa shape index (κ1) is 20.1. The predicted molar refractivity (Wildman–Crippen MR) is 113 cm³/mol. The van der Waals surface area contributed by atoms with E-state index in [1.807, 2.05) is 9.47 Å². The number of rotatable bonds is 6. The van der Waals surface area contributed by atoms with Gasteiger partial charge in [0.25, 0.3) is 0 Å². The summed E-state index contributed by atoms with van der Waals surface area (Å²) in [6, 6.07) is 6.20. The molecule has 1 aromatic carbocycles. The van der Waals surface area contributed by atoms with Gasteiger partial charge in [-0.05, 0) is 48.9 Å². The number of piperidine rings is 1. The molecule has 0 N–H and O–H groups in total. The molecule has 2 aromatic rings. The molecule has 7 heteroatoms. The molecule has 0 bridgehead atoms. The van der Waals surface area contributed by atoms with Gasteiger partial charge in [0.2, 0.25) is 5.91 Å². The Kier molecular flexibility index (Phi) is 6.33. The van der Waals surface area contributed by atoms with E-state index in [-0.39, 0.29) is 11.7 Å². The number of likely N-dealkylation sites (tertiary alicyclic amines) is 1. The molecule has 1 amide bonds. The van der Waals surface area contributed by atoms with E-state index in [1.165, 1.54) is 49.6 Å². The highest BCUT2D eigenvalue weighted by molar-refractivity contribution is 7.99. The summed E-state index contributed by atoms with van der Waals surface area (Å²) in [5, 5.41) is 9.24. The van der Waals surface area contributed by atoms with Gasteiger partial charge < -0.3 is 4.90 Å². The molecule has 154 valence electrons. The number of halogens is 1. The van der Waals surface area contributed by atoms with Crippen molar-refractivity contribution in [1.29, 1.82) is 0 Å². The Morgan fingerprint density at radius 2 is 1.93 bits per heavy atom. The summed E-state index contributed by atoms with van der Waals surface area (Å²) in [5.74, 6) is 2.40. The molecule has 1 saturated heterocycles. The molecule has 2 atom stereocenters. The molecule has 5 nitrogen and oxygen atoms in total. The summed E-state index contributed by atoms with van der Waals surface area (Å²) in [6.07, 6.45) is 8.15. The van der Waals surface area contributed by atoms with Crippen LogP contribution in [0.5, 0.6) is 0 Å². The number of thioether (sulfide) groups is 1. The summed E-state index contributed by atoms with van der Waals surface area (Å²) in [4.78, 5) is 14.9. The Morgan fingerprint density at radius 3 is 2.69 bits per heavy atom. The summed E-state index contributed by atoms with van der Waals surface area (Å²) in [7, 11) is 0. The minimum atomic E-state index is -0.287. The summed E-state index contributed by atoms with van der Waals surface area (Å²) < 4.78 is 15.2. The molecule has 2 fully saturated rings. The number of carbonyl (C=O) groups excluding carboxylic acids is 1. The van der Waals surface area contributed by atoms with Crippen molar-refractivity contribution in [1.82, 2.24) is 19.7 Å². The minimum Gasteiger partial charge on any atom is -0.342 e. The molecule has 0 spiro atoms. The molecule has 1 aromatic heterocycles. The van der Waals surface area contributed by atoms with Crippen LogP contribution >= 0.6 is 11.8 Å². The molecular weight excluding hydrogens is 387 g/mol. The van der Waals surface area contributed by atoms with Gasteiger partial charge in [-0.2, -0.15) is 0 Å². The van der Waals surface area contributed by atoms with Crippen molar-refractivity contribution in [3.63, 3.8) is 0 Å². The van der Waals surface area contributed by atoms with Crippen LogP contribution in [0.25, 0.3) is 11.4 Å². The van der Waals surface area contributed by atoms with Crippen LogP contribution < -0.4 is 0 Å². The van der Waals surface area contributed by atoms with E-state index in [9.17, 15) is 9.18 Å². The molecule has 1 aliphatic heterocycles. The Balaban J connectivity index is 1.42. The number of hydrogen-bond donors (Lipinski definition) is 0. The number of hydrogen-bond acceptors (Lipinski definition) is 4. The Morgan fingerprint density at radius 1 is 1.17 bits per heavy atom. The number of allylic oxidation sites excluding steroid dienone is 1. The van der Waals surface area contributed by atoms with E-state index in [4.69, 9.17) is 0 Å². The van der Waals surface area contributed by atoms with Gasteiger partial charge in [0.1, 0.15) is 5.82 Å². The highest BCUT2D eigenvalue weighted by atomic mass is 32.2. The zero-order valence-corrected chi connectivity index (χ0v) is 17.4. The zero-order chi connectivity index (χ0) is 20.2. The number of aromatic nitrogens is 3. The first-order valence-electron chi connectivity index (χ1n) is 10.4. The molecule has 2 heterocycles. The number of nitrogens with zero attached hydrogens (tertiary/aromatic N) is 4. The van der Waals surface area contributed by atoms with Crippen LogP contribution in [0.15, 0.2) is 42.1 Å². The van der Waals surface area contributed by atoms with Crippen molar-refractivity contribution < 1.29 is 9.18 Å². The van der Waals surface area contributed by atoms with Crippen molar-refractivity contribution in [3.8, 4) is 11.4 Å². The molecule has 29 heavy (non-hydrogen) atoms. The maximum atomic E-state index is 13.2. The van der Waals surface area contributed by atoms with Gasteiger partial charge in [-0.25, -0.2) is 4.39 Å². The number of amides is 1. The third-order valence-corrected chi connectivity index (χ3v) is 7.05. The van der Waals surface area contributed by atoms with Crippen LogP contribution in [0.2, 0.25) is 0 Å². The average Bonchev–Trinajstić information content (AvgIpc) is 3.15. The lowest BCUT2D eigenvalue weighted by Gasteiger charge is -2.41. The summed E-state index contributed by atoms with van der Waals surface area (Å²) >= 11 is 1.41. The van der Waals surface area contributed by atoms with Crippen molar-refractivity contribution >= 4 is 17.7 Å². The number of carbonyl (C=O) groups is 1. The second-order valence-corrected chi connectivity index (χ2v) is 8.88. The third kappa shape index (κ3) is 4.55. The molecular formula is C22H27FN4OS. The Bertz CT molecular complexity index is 866. The van der Waals surface area contributed by atoms with Crippen LogP contribution in [0.1, 0.15) is 32.1 Å². The first-order chi connectivity index (χ1) is 14.2. The van der Waals surface area contributed by atoms with Crippen molar-refractivity contribution in [2.24, 2.45) is 11.8 Å². The fourth-order valence-electron chi connectivity index (χ4n) is 4.55. The minimum absolute atomic E-state index is 0.176. The zero-order valence-electron chi connectivity index (χ0n) is 16.6. The normalized spacial score (nSPS) is 21.6. The topological polar surface area (TPSA) is 51.0 Å². The van der Waals surface area contributed by atoms with Gasteiger partial charge in [-0.15, -0.1) is 16.8 Å². The highest BCUT2D eigenvalue weighted by Gasteiger charge is 2.32. The van der Waals surface area contributed by atoms with Crippen LogP contribution in [-0.4, -0.2) is 44.4 Å². The lowest BCUT2D eigenvalue weighted by molar-refractivity contribution is -0.131. The van der Waals surface area contributed by atoms with Gasteiger partial charge in [0, 0.05) is 25.2 Å². The largest absolute Gasteiger partial charge is 0.342 e. The van der Waals surface area contributed by atoms with E-state index in [0.717, 1.165) is 31.0 Å². The molecule has 4 rings (SSSR count). The molecule has 0 unspecified atom stereocenters. The maximum absolute atomic E-state index is 13.2. The lowest BCUT2D eigenvalue weighted by Crippen LogP contribution is -2.45. The molecule has 2 aliphatic rings. The second-order valence-electron chi connectivity index (χ2n) is 7.93. The van der Waals surface area contributed by atoms with E-state index >= 15 is 0 Å². The van der Waals surface area contributed by atoms with Crippen molar-refractivity contribution in [2.45, 2.75) is 43.8 Å². The van der Waals surface area contributed by atoms with Crippen molar-refractivity contribution in [3.05, 3.63) is 42.7 Å². The quantitative estimate of drug-likeness (QED) is 0.519. The van der Waals surface area contributed by atoms with Gasteiger partial charge in [-0.1, -0.05) is 37.1 Å². The standard InChI is InChI=1S/C22H27FN4OS/c1-2-12-27-21(17-7-9-19(23)10-8-17)24-25-22(27)29-15-20(28)26-13-11-16-5-3-4-6-18(16)14-26/h2,7-10,16,18H,1,3-6,11-15H2/t16-,18-/m1/s1.